The molecule has 20 heavy (non-hydrogen) atoms. The molecule has 2 N–H and O–H groups in total. The summed E-state index contributed by atoms with van der Waals surface area (Å²) < 4.78 is 1.09. The van der Waals surface area contributed by atoms with Gasteiger partial charge >= 0.3 is 0 Å². The topological polar surface area (TPSA) is 41.1 Å². The molecule has 2 aromatic rings. The van der Waals surface area contributed by atoms with Gasteiger partial charge in [-0.3, -0.25) is 10.1 Å². The van der Waals surface area contributed by atoms with Gasteiger partial charge in [0.15, 0.2) is 5.11 Å². The summed E-state index contributed by atoms with van der Waals surface area (Å²) in [7, 11) is 0. The van der Waals surface area contributed by atoms with Gasteiger partial charge in [-0.15, -0.1) is 0 Å². The number of hydrogen-bond donors (Lipinski definition) is 2. The number of hydrogen-bond acceptors (Lipinski definition) is 2. The second kappa shape index (κ2) is 7.35. The van der Waals surface area contributed by atoms with E-state index in [9.17, 15) is 4.79 Å². The first-order chi connectivity index (χ1) is 9.65. The molecule has 0 unspecified atom stereocenters. The molecule has 2 aromatic carbocycles. The van der Waals surface area contributed by atoms with E-state index in [0.717, 1.165) is 9.13 Å². The SMILES string of the molecule is O=C(NC(=S)NCc1ccccc1)c1ccc(I)cc1. The molecule has 0 aliphatic heterocycles. The Kier molecular flexibility index (Phi) is 5.49. The number of rotatable bonds is 3. The van der Waals surface area contributed by atoms with Crippen LogP contribution < -0.4 is 10.6 Å². The molecule has 0 radical (unpaired) electrons. The molecule has 0 saturated carbocycles. The Hall–Kier alpha value is -1.47. The minimum atomic E-state index is -0.202. The molecule has 0 spiro atoms. The molecule has 0 aromatic heterocycles. The molecule has 0 fully saturated rings. The van der Waals surface area contributed by atoms with Crippen LogP contribution in [0.15, 0.2) is 54.6 Å². The van der Waals surface area contributed by atoms with Crippen molar-refractivity contribution in [1.82, 2.24) is 10.6 Å². The maximum absolute atomic E-state index is 11.9. The van der Waals surface area contributed by atoms with Crippen LogP contribution in [0.25, 0.3) is 0 Å². The average Bonchev–Trinajstić information content (AvgIpc) is 2.47. The van der Waals surface area contributed by atoms with Crippen LogP contribution in [0.3, 0.4) is 0 Å². The van der Waals surface area contributed by atoms with Gasteiger partial charge in [0.25, 0.3) is 5.91 Å². The van der Waals surface area contributed by atoms with Gasteiger partial charge in [-0.2, -0.15) is 0 Å². The number of amides is 1. The van der Waals surface area contributed by atoms with Crippen molar-refractivity contribution in [2.75, 3.05) is 0 Å². The van der Waals surface area contributed by atoms with E-state index in [1.807, 2.05) is 42.5 Å². The van der Waals surface area contributed by atoms with Gasteiger partial charge in [-0.1, -0.05) is 30.3 Å². The van der Waals surface area contributed by atoms with Crippen LogP contribution in [0, 0.1) is 3.57 Å². The van der Waals surface area contributed by atoms with Crippen molar-refractivity contribution in [3.63, 3.8) is 0 Å². The molecule has 1 amide bonds. The molecule has 0 aliphatic carbocycles. The summed E-state index contributed by atoms with van der Waals surface area (Å²) in [4.78, 5) is 11.9. The molecule has 0 heterocycles. The number of thiocarbonyl (C=S) groups is 1. The molecule has 0 atom stereocenters. The molecule has 5 heteroatoms. The van der Waals surface area contributed by atoms with E-state index < -0.39 is 0 Å². The van der Waals surface area contributed by atoms with Gasteiger partial charge in [0, 0.05) is 15.7 Å². The highest BCUT2D eigenvalue weighted by Gasteiger charge is 2.07. The zero-order valence-corrected chi connectivity index (χ0v) is 13.6. The summed E-state index contributed by atoms with van der Waals surface area (Å²) >= 11 is 7.31. The van der Waals surface area contributed by atoms with Crippen molar-refractivity contribution in [2.24, 2.45) is 0 Å². The lowest BCUT2D eigenvalue weighted by molar-refractivity contribution is 0.0976. The fourth-order valence-corrected chi connectivity index (χ4v) is 2.12. The minimum absolute atomic E-state index is 0.202. The van der Waals surface area contributed by atoms with Gasteiger partial charge in [-0.25, -0.2) is 0 Å². The van der Waals surface area contributed by atoms with Crippen LogP contribution in [-0.2, 0) is 6.54 Å². The summed E-state index contributed by atoms with van der Waals surface area (Å²) in [5, 5.41) is 6.00. The van der Waals surface area contributed by atoms with Gasteiger partial charge in [0.2, 0.25) is 0 Å². The first-order valence-electron chi connectivity index (χ1n) is 6.04. The highest BCUT2D eigenvalue weighted by Crippen LogP contribution is 2.06. The molecule has 102 valence electrons. The Bertz CT molecular complexity index is 599. The number of carbonyl (C=O) groups is 1. The molecule has 0 bridgehead atoms. The van der Waals surface area contributed by atoms with E-state index in [4.69, 9.17) is 12.2 Å². The molecule has 0 aliphatic rings. The molecule has 0 saturated heterocycles. The largest absolute Gasteiger partial charge is 0.358 e. The van der Waals surface area contributed by atoms with E-state index in [1.165, 1.54) is 0 Å². The number of carbonyl (C=O) groups excluding carboxylic acids is 1. The van der Waals surface area contributed by atoms with Gasteiger partial charge < -0.3 is 5.32 Å². The van der Waals surface area contributed by atoms with Crippen molar-refractivity contribution >= 4 is 45.8 Å². The summed E-state index contributed by atoms with van der Waals surface area (Å²) in [6.45, 7) is 0.590. The highest BCUT2D eigenvalue weighted by atomic mass is 127. The molecule has 3 nitrogen and oxygen atoms in total. The van der Waals surface area contributed by atoms with Crippen LogP contribution in [0.2, 0.25) is 0 Å². The standard InChI is InChI=1S/C15H13IN2OS/c16-13-8-6-12(7-9-13)14(19)18-15(20)17-10-11-4-2-1-3-5-11/h1-9H,10H2,(H2,17,18,19,20). The van der Waals surface area contributed by atoms with Crippen LogP contribution in [0.4, 0.5) is 0 Å². The van der Waals surface area contributed by atoms with Gasteiger partial charge in [-0.05, 0) is 64.6 Å². The summed E-state index contributed by atoms with van der Waals surface area (Å²) in [5.74, 6) is -0.202. The predicted octanol–water partition coefficient (Wildman–Crippen LogP) is 3.10. The van der Waals surface area contributed by atoms with E-state index >= 15 is 0 Å². The second-order valence-electron chi connectivity index (χ2n) is 4.13. The monoisotopic (exact) mass is 396 g/mol. The van der Waals surface area contributed by atoms with Crippen molar-refractivity contribution in [3.8, 4) is 0 Å². The number of nitrogens with one attached hydrogen (secondary N) is 2. The fraction of sp³-hybridized carbons (Fsp3) is 0.0667. The maximum atomic E-state index is 11.9. The molecule has 2 rings (SSSR count). The quantitative estimate of drug-likeness (QED) is 0.619. The van der Waals surface area contributed by atoms with Gasteiger partial charge in [0.05, 0.1) is 0 Å². The third-order valence-corrected chi connectivity index (χ3v) is 3.59. The lowest BCUT2D eigenvalue weighted by Crippen LogP contribution is -2.38. The van der Waals surface area contributed by atoms with Crippen molar-refractivity contribution in [2.45, 2.75) is 6.54 Å². The lowest BCUT2D eigenvalue weighted by atomic mass is 10.2. The Labute approximate surface area is 136 Å². The lowest BCUT2D eigenvalue weighted by Gasteiger charge is -2.09. The Morgan fingerprint density at radius 2 is 1.70 bits per heavy atom. The first-order valence-corrected chi connectivity index (χ1v) is 7.52. The van der Waals surface area contributed by atoms with E-state index in [-0.39, 0.29) is 5.91 Å². The van der Waals surface area contributed by atoms with E-state index in [2.05, 4.69) is 33.2 Å². The van der Waals surface area contributed by atoms with Crippen molar-refractivity contribution < 1.29 is 4.79 Å². The smallest absolute Gasteiger partial charge is 0.257 e. The Morgan fingerprint density at radius 3 is 2.35 bits per heavy atom. The van der Waals surface area contributed by atoms with Crippen molar-refractivity contribution in [1.29, 1.82) is 0 Å². The van der Waals surface area contributed by atoms with E-state index in [0.29, 0.717) is 17.2 Å². The third-order valence-electron chi connectivity index (χ3n) is 2.63. The fourth-order valence-electron chi connectivity index (χ4n) is 1.60. The number of benzene rings is 2. The predicted molar refractivity (Wildman–Crippen MR) is 92.5 cm³/mol. The minimum Gasteiger partial charge on any atom is -0.358 e. The summed E-state index contributed by atoms with van der Waals surface area (Å²) in [6.07, 6.45) is 0. The molecular formula is C15H13IN2OS. The first kappa shape index (κ1) is 14.9. The third kappa shape index (κ3) is 4.57. The normalized spacial score (nSPS) is 9.85. The van der Waals surface area contributed by atoms with Crippen LogP contribution in [-0.4, -0.2) is 11.0 Å². The molecular weight excluding hydrogens is 383 g/mol. The highest BCUT2D eigenvalue weighted by molar-refractivity contribution is 14.1. The van der Waals surface area contributed by atoms with Gasteiger partial charge in [0.1, 0.15) is 0 Å². The second-order valence-corrected chi connectivity index (χ2v) is 5.78. The zero-order valence-electron chi connectivity index (χ0n) is 10.6. The summed E-state index contributed by atoms with van der Waals surface area (Å²) in [5.41, 5.74) is 1.70. The average molecular weight is 396 g/mol. The maximum Gasteiger partial charge on any atom is 0.257 e. The van der Waals surface area contributed by atoms with Crippen LogP contribution in [0.5, 0.6) is 0 Å². The van der Waals surface area contributed by atoms with E-state index in [1.54, 1.807) is 12.1 Å². The number of halogens is 1. The van der Waals surface area contributed by atoms with Crippen LogP contribution >= 0.6 is 34.8 Å². The zero-order chi connectivity index (χ0) is 14.4. The Balaban J connectivity index is 1.85. The van der Waals surface area contributed by atoms with Crippen molar-refractivity contribution in [3.05, 3.63) is 69.3 Å². The summed E-state index contributed by atoms with van der Waals surface area (Å²) in [6, 6.07) is 17.2. The van der Waals surface area contributed by atoms with Crippen LogP contribution in [0.1, 0.15) is 15.9 Å². The Morgan fingerprint density at radius 1 is 1.05 bits per heavy atom.